The number of nitrogens with one attached hydrogen (secondary N) is 2. The molecule has 3 rings (SSSR count). The van der Waals surface area contributed by atoms with Gasteiger partial charge in [-0.05, 0) is 36.6 Å². The number of hydrogen-bond donors (Lipinski definition) is 2. The first-order valence-corrected chi connectivity index (χ1v) is 7.95. The fraction of sp³-hybridized carbons (Fsp3) is 0.263. The summed E-state index contributed by atoms with van der Waals surface area (Å²) in [6.45, 7) is 3.03. The summed E-state index contributed by atoms with van der Waals surface area (Å²) in [5.74, 6) is -0.0416. The molecule has 4 nitrogen and oxygen atoms in total. The summed E-state index contributed by atoms with van der Waals surface area (Å²) in [6, 6.07) is 13.9. The van der Waals surface area contributed by atoms with E-state index < -0.39 is 0 Å². The van der Waals surface area contributed by atoms with Crippen LogP contribution in [0.25, 0.3) is 0 Å². The molecule has 1 aliphatic heterocycles. The molecule has 4 heteroatoms. The SMILES string of the molecule is CCNC(=O)c1cc(Cc2ccccc2)cc2c1NCCC2=O. The van der Waals surface area contributed by atoms with Crippen molar-refractivity contribution in [3.63, 3.8) is 0 Å². The number of amides is 1. The number of hydrogen-bond acceptors (Lipinski definition) is 3. The van der Waals surface area contributed by atoms with Crippen molar-refractivity contribution in [3.05, 3.63) is 64.7 Å². The molecule has 0 aliphatic carbocycles. The molecular formula is C19H20N2O2. The Labute approximate surface area is 135 Å². The molecule has 118 valence electrons. The minimum Gasteiger partial charge on any atom is -0.383 e. The van der Waals surface area contributed by atoms with Crippen LogP contribution in [0.2, 0.25) is 0 Å². The van der Waals surface area contributed by atoms with E-state index in [1.54, 1.807) is 0 Å². The second kappa shape index (κ2) is 6.65. The van der Waals surface area contributed by atoms with Gasteiger partial charge in [0.05, 0.1) is 11.3 Å². The number of fused-ring (bicyclic) bond motifs is 1. The van der Waals surface area contributed by atoms with Crippen LogP contribution < -0.4 is 10.6 Å². The summed E-state index contributed by atoms with van der Waals surface area (Å²) in [7, 11) is 0. The molecule has 0 atom stereocenters. The highest BCUT2D eigenvalue weighted by atomic mass is 16.1. The van der Waals surface area contributed by atoms with Gasteiger partial charge in [-0.15, -0.1) is 0 Å². The Bertz CT molecular complexity index is 739. The third-order valence-corrected chi connectivity index (χ3v) is 3.99. The summed E-state index contributed by atoms with van der Waals surface area (Å²) in [5.41, 5.74) is 4.00. The molecule has 0 spiro atoms. The Morgan fingerprint density at radius 3 is 2.70 bits per heavy atom. The van der Waals surface area contributed by atoms with Gasteiger partial charge in [-0.1, -0.05) is 30.3 Å². The maximum absolute atomic E-state index is 12.4. The number of ketones is 1. The second-order valence-electron chi connectivity index (χ2n) is 5.69. The van der Waals surface area contributed by atoms with Crippen molar-refractivity contribution in [2.75, 3.05) is 18.4 Å². The molecule has 0 saturated heterocycles. The largest absolute Gasteiger partial charge is 0.383 e. The van der Waals surface area contributed by atoms with Crippen LogP contribution in [0.15, 0.2) is 42.5 Å². The van der Waals surface area contributed by atoms with Crippen LogP contribution in [0.4, 0.5) is 5.69 Å². The van der Waals surface area contributed by atoms with Gasteiger partial charge in [0, 0.05) is 25.1 Å². The zero-order valence-electron chi connectivity index (χ0n) is 13.2. The zero-order chi connectivity index (χ0) is 16.2. The smallest absolute Gasteiger partial charge is 0.253 e. The predicted octanol–water partition coefficient (Wildman–Crippen LogP) is 3.03. The van der Waals surface area contributed by atoms with Crippen molar-refractivity contribution in [3.8, 4) is 0 Å². The molecule has 2 aromatic carbocycles. The molecule has 2 N–H and O–H groups in total. The summed E-state index contributed by atoms with van der Waals surface area (Å²) in [6.07, 6.45) is 1.17. The zero-order valence-corrected chi connectivity index (χ0v) is 13.2. The van der Waals surface area contributed by atoms with Crippen molar-refractivity contribution in [1.29, 1.82) is 0 Å². The number of carbonyl (C=O) groups excluding carboxylic acids is 2. The molecule has 0 saturated carbocycles. The van der Waals surface area contributed by atoms with Crippen LogP contribution in [0, 0.1) is 0 Å². The summed E-state index contributed by atoms with van der Waals surface area (Å²) >= 11 is 0. The normalized spacial score (nSPS) is 13.2. The molecule has 23 heavy (non-hydrogen) atoms. The van der Waals surface area contributed by atoms with Crippen LogP contribution in [0.3, 0.4) is 0 Å². The maximum Gasteiger partial charge on any atom is 0.253 e. The monoisotopic (exact) mass is 308 g/mol. The molecule has 1 heterocycles. The van der Waals surface area contributed by atoms with Gasteiger partial charge >= 0.3 is 0 Å². The highest BCUT2D eigenvalue weighted by molar-refractivity contribution is 6.10. The fourth-order valence-corrected chi connectivity index (χ4v) is 2.92. The van der Waals surface area contributed by atoms with E-state index in [0.29, 0.717) is 42.7 Å². The Kier molecular flexibility index (Phi) is 4.42. The maximum atomic E-state index is 12.4. The molecule has 0 bridgehead atoms. The third kappa shape index (κ3) is 3.26. The molecule has 1 aliphatic rings. The summed E-state index contributed by atoms with van der Waals surface area (Å²) < 4.78 is 0. The van der Waals surface area contributed by atoms with Crippen LogP contribution in [0.1, 0.15) is 45.2 Å². The van der Waals surface area contributed by atoms with Crippen molar-refractivity contribution in [2.24, 2.45) is 0 Å². The number of Topliss-reactive ketones (excluding diaryl/α,β-unsaturated/α-hetero) is 1. The first-order valence-electron chi connectivity index (χ1n) is 7.95. The third-order valence-electron chi connectivity index (χ3n) is 3.99. The number of benzene rings is 2. The van der Waals surface area contributed by atoms with Gasteiger partial charge in [-0.3, -0.25) is 9.59 Å². The van der Waals surface area contributed by atoms with Crippen LogP contribution in [-0.4, -0.2) is 24.8 Å². The van der Waals surface area contributed by atoms with E-state index in [9.17, 15) is 9.59 Å². The second-order valence-corrected chi connectivity index (χ2v) is 5.69. The number of rotatable bonds is 4. The lowest BCUT2D eigenvalue weighted by molar-refractivity contribution is 0.0956. The van der Waals surface area contributed by atoms with E-state index in [2.05, 4.69) is 10.6 Å². The van der Waals surface area contributed by atoms with E-state index in [-0.39, 0.29) is 11.7 Å². The minimum atomic E-state index is -0.138. The van der Waals surface area contributed by atoms with E-state index in [1.165, 1.54) is 0 Å². The fourth-order valence-electron chi connectivity index (χ4n) is 2.92. The number of anilines is 1. The van der Waals surface area contributed by atoms with Crippen molar-refractivity contribution in [2.45, 2.75) is 19.8 Å². The first kappa shape index (κ1) is 15.3. The Hall–Kier alpha value is -2.62. The highest BCUT2D eigenvalue weighted by Crippen LogP contribution is 2.29. The lowest BCUT2D eigenvalue weighted by atomic mass is 9.92. The van der Waals surface area contributed by atoms with Crippen molar-refractivity contribution >= 4 is 17.4 Å². The van der Waals surface area contributed by atoms with Crippen LogP contribution in [-0.2, 0) is 6.42 Å². The average Bonchev–Trinajstić information content (AvgIpc) is 2.56. The lowest BCUT2D eigenvalue weighted by Crippen LogP contribution is -2.27. The molecule has 0 radical (unpaired) electrons. The molecule has 1 amide bonds. The standard InChI is InChI=1S/C19H20N2O2/c1-2-20-19(23)16-12-14(10-13-6-4-3-5-7-13)11-15-17(22)8-9-21-18(15)16/h3-7,11-12,21H,2,8-10H2,1H3,(H,20,23). The van der Waals surface area contributed by atoms with E-state index in [1.807, 2.05) is 49.4 Å². The topological polar surface area (TPSA) is 58.2 Å². The Balaban J connectivity index is 2.04. The molecule has 2 aromatic rings. The van der Waals surface area contributed by atoms with Crippen LogP contribution in [0.5, 0.6) is 0 Å². The van der Waals surface area contributed by atoms with Crippen LogP contribution >= 0.6 is 0 Å². The Morgan fingerprint density at radius 1 is 1.17 bits per heavy atom. The highest BCUT2D eigenvalue weighted by Gasteiger charge is 2.23. The number of carbonyl (C=O) groups is 2. The first-order chi connectivity index (χ1) is 11.2. The average molecular weight is 308 g/mol. The molecular weight excluding hydrogens is 288 g/mol. The van der Waals surface area contributed by atoms with Gasteiger partial charge in [0.2, 0.25) is 0 Å². The van der Waals surface area contributed by atoms with E-state index >= 15 is 0 Å². The summed E-state index contributed by atoms with van der Waals surface area (Å²) in [4.78, 5) is 24.6. The van der Waals surface area contributed by atoms with Gasteiger partial charge in [-0.25, -0.2) is 0 Å². The minimum absolute atomic E-state index is 0.0965. The molecule has 0 aromatic heterocycles. The Morgan fingerprint density at radius 2 is 1.96 bits per heavy atom. The van der Waals surface area contributed by atoms with E-state index in [4.69, 9.17) is 0 Å². The van der Waals surface area contributed by atoms with Gasteiger partial charge in [-0.2, -0.15) is 0 Å². The summed E-state index contributed by atoms with van der Waals surface area (Å²) in [5, 5.41) is 6.04. The predicted molar refractivity (Wildman–Crippen MR) is 91.1 cm³/mol. The quantitative estimate of drug-likeness (QED) is 0.913. The lowest BCUT2D eigenvalue weighted by Gasteiger charge is -2.21. The van der Waals surface area contributed by atoms with Gasteiger partial charge in [0.25, 0.3) is 5.91 Å². The molecule has 0 fully saturated rings. The van der Waals surface area contributed by atoms with Gasteiger partial charge in [0.1, 0.15) is 0 Å². The van der Waals surface area contributed by atoms with Gasteiger partial charge < -0.3 is 10.6 Å². The van der Waals surface area contributed by atoms with Crippen molar-refractivity contribution < 1.29 is 9.59 Å². The van der Waals surface area contributed by atoms with Crippen molar-refractivity contribution in [1.82, 2.24) is 5.32 Å². The van der Waals surface area contributed by atoms with Gasteiger partial charge in [0.15, 0.2) is 5.78 Å². The molecule has 0 unspecified atom stereocenters. The van der Waals surface area contributed by atoms with E-state index in [0.717, 1.165) is 11.1 Å².